The molecule has 2 aromatic carbocycles. The Labute approximate surface area is 151 Å². The van der Waals surface area contributed by atoms with Crippen molar-refractivity contribution in [3.63, 3.8) is 0 Å². The number of ether oxygens (including phenoxy) is 1. The van der Waals surface area contributed by atoms with Crippen LogP contribution in [0.5, 0.6) is 5.75 Å². The summed E-state index contributed by atoms with van der Waals surface area (Å²) >= 11 is 0. The minimum Gasteiger partial charge on any atom is -0.481 e. The maximum atomic E-state index is 12.1. The van der Waals surface area contributed by atoms with Gasteiger partial charge in [0.05, 0.1) is 0 Å². The first kappa shape index (κ1) is 19.0. The van der Waals surface area contributed by atoms with Gasteiger partial charge in [-0.2, -0.15) is 0 Å². The average Bonchev–Trinajstić information content (AvgIpc) is 2.65. The van der Waals surface area contributed by atoms with Gasteiger partial charge in [-0.05, 0) is 36.6 Å². The van der Waals surface area contributed by atoms with Gasteiger partial charge < -0.3 is 10.1 Å². The van der Waals surface area contributed by atoms with E-state index in [0.717, 1.165) is 18.5 Å². The number of rotatable bonds is 10. The zero-order valence-corrected chi connectivity index (χ0v) is 15.3. The van der Waals surface area contributed by atoms with Gasteiger partial charge in [-0.1, -0.05) is 75.1 Å². The van der Waals surface area contributed by atoms with Crippen molar-refractivity contribution in [3.05, 3.63) is 54.6 Å². The Bertz CT molecular complexity index is 622. The molecule has 3 nitrogen and oxygen atoms in total. The summed E-state index contributed by atoms with van der Waals surface area (Å²) in [6, 6.07) is 18.1. The third kappa shape index (κ3) is 6.61. The van der Waals surface area contributed by atoms with Crippen LogP contribution in [0, 0.1) is 0 Å². The van der Waals surface area contributed by atoms with Crippen molar-refractivity contribution in [2.45, 2.75) is 52.1 Å². The highest BCUT2D eigenvalue weighted by molar-refractivity contribution is 5.80. The van der Waals surface area contributed by atoms with Crippen molar-refractivity contribution >= 4 is 5.91 Å². The molecule has 0 saturated heterocycles. The summed E-state index contributed by atoms with van der Waals surface area (Å²) < 4.78 is 5.75. The number of benzene rings is 2. The minimum absolute atomic E-state index is 0.0531. The number of nitrogens with one attached hydrogen (secondary N) is 1. The molecule has 0 radical (unpaired) electrons. The molecule has 1 amide bonds. The molecule has 25 heavy (non-hydrogen) atoms. The van der Waals surface area contributed by atoms with Gasteiger partial charge in [0.25, 0.3) is 5.91 Å². The van der Waals surface area contributed by atoms with Gasteiger partial charge >= 0.3 is 0 Å². The van der Waals surface area contributed by atoms with E-state index in [0.29, 0.717) is 5.75 Å². The molecule has 2 aromatic rings. The van der Waals surface area contributed by atoms with E-state index < -0.39 is 6.10 Å². The number of hydrogen-bond acceptors (Lipinski definition) is 2. The second-order valence-electron chi connectivity index (χ2n) is 6.36. The Morgan fingerprint density at radius 2 is 1.56 bits per heavy atom. The lowest BCUT2D eigenvalue weighted by molar-refractivity contribution is -0.127. The van der Waals surface area contributed by atoms with Gasteiger partial charge in [0.15, 0.2) is 6.10 Å². The fraction of sp³-hybridized carbons (Fsp3) is 0.409. The SMILES string of the molecule is CCCCCCCNC(=O)C(C)Oc1ccc(-c2ccccc2)cc1. The lowest BCUT2D eigenvalue weighted by atomic mass is 10.1. The average molecular weight is 339 g/mol. The molecule has 0 fully saturated rings. The van der Waals surface area contributed by atoms with Gasteiger partial charge in [-0.25, -0.2) is 0 Å². The van der Waals surface area contributed by atoms with Gasteiger partial charge in [0, 0.05) is 6.54 Å². The molecule has 0 bridgehead atoms. The molecule has 0 aliphatic rings. The van der Waals surface area contributed by atoms with Crippen LogP contribution in [0.4, 0.5) is 0 Å². The molecule has 1 N–H and O–H groups in total. The summed E-state index contributed by atoms with van der Waals surface area (Å²) in [5.74, 6) is 0.660. The van der Waals surface area contributed by atoms with E-state index >= 15 is 0 Å². The van der Waals surface area contributed by atoms with Crippen molar-refractivity contribution in [1.29, 1.82) is 0 Å². The standard InChI is InChI=1S/C22H29NO2/c1-3-4-5-6-10-17-23-22(24)18(2)25-21-15-13-20(14-16-21)19-11-8-7-9-12-19/h7-9,11-16,18H,3-6,10,17H2,1-2H3,(H,23,24). The Morgan fingerprint density at radius 1 is 0.920 bits per heavy atom. The topological polar surface area (TPSA) is 38.3 Å². The molecule has 0 heterocycles. The summed E-state index contributed by atoms with van der Waals surface area (Å²) in [6.45, 7) is 4.72. The summed E-state index contributed by atoms with van der Waals surface area (Å²) in [5, 5.41) is 2.95. The van der Waals surface area contributed by atoms with Gasteiger partial charge in [0.2, 0.25) is 0 Å². The van der Waals surface area contributed by atoms with E-state index in [1.54, 1.807) is 6.92 Å². The Morgan fingerprint density at radius 3 is 2.24 bits per heavy atom. The first-order valence-corrected chi connectivity index (χ1v) is 9.30. The third-order valence-electron chi connectivity index (χ3n) is 4.22. The number of amides is 1. The largest absolute Gasteiger partial charge is 0.481 e. The fourth-order valence-corrected chi connectivity index (χ4v) is 2.70. The molecule has 3 heteroatoms. The zero-order chi connectivity index (χ0) is 17.9. The monoisotopic (exact) mass is 339 g/mol. The van der Waals surface area contributed by atoms with Crippen molar-refractivity contribution in [3.8, 4) is 16.9 Å². The van der Waals surface area contributed by atoms with Crippen LogP contribution in [-0.2, 0) is 4.79 Å². The van der Waals surface area contributed by atoms with Crippen LogP contribution >= 0.6 is 0 Å². The number of carbonyl (C=O) groups is 1. The quantitative estimate of drug-likeness (QED) is 0.604. The predicted molar refractivity (Wildman–Crippen MR) is 104 cm³/mol. The number of unbranched alkanes of at least 4 members (excludes halogenated alkanes) is 4. The summed E-state index contributed by atoms with van der Waals surface area (Å²) in [7, 11) is 0. The molecular formula is C22H29NO2. The van der Waals surface area contributed by atoms with E-state index in [-0.39, 0.29) is 5.91 Å². The summed E-state index contributed by atoms with van der Waals surface area (Å²) in [4.78, 5) is 12.1. The normalized spacial score (nSPS) is 11.8. The van der Waals surface area contributed by atoms with Gasteiger partial charge in [0.1, 0.15) is 5.75 Å². The van der Waals surface area contributed by atoms with Gasteiger partial charge in [-0.15, -0.1) is 0 Å². The molecule has 1 atom stereocenters. The first-order valence-electron chi connectivity index (χ1n) is 9.30. The van der Waals surface area contributed by atoms with Crippen LogP contribution < -0.4 is 10.1 Å². The second kappa shape index (κ2) is 10.5. The van der Waals surface area contributed by atoms with E-state index in [1.807, 2.05) is 42.5 Å². The smallest absolute Gasteiger partial charge is 0.260 e. The van der Waals surface area contributed by atoms with Crippen molar-refractivity contribution in [1.82, 2.24) is 5.32 Å². The minimum atomic E-state index is -0.488. The molecule has 0 saturated carbocycles. The molecule has 2 rings (SSSR count). The van der Waals surface area contributed by atoms with Crippen LogP contribution in [0.15, 0.2) is 54.6 Å². The number of carbonyl (C=O) groups excluding carboxylic acids is 1. The highest BCUT2D eigenvalue weighted by Crippen LogP contribution is 2.22. The van der Waals surface area contributed by atoms with Crippen molar-refractivity contribution in [2.24, 2.45) is 0 Å². The fourth-order valence-electron chi connectivity index (χ4n) is 2.70. The molecule has 0 aromatic heterocycles. The van der Waals surface area contributed by atoms with Crippen LogP contribution in [-0.4, -0.2) is 18.6 Å². The summed E-state index contributed by atoms with van der Waals surface area (Å²) in [5.41, 5.74) is 2.31. The maximum Gasteiger partial charge on any atom is 0.260 e. The lowest BCUT2D eigenvalue weighted by Crippen LogP contribution is -2.36. The van der Waals surface area contributed by atoms with E-state index in [1.165, 1.54) is 31.2 Å². The van der Waals surface area contributed by atoms with Crippen LogP contribution in [0.2, 0.25) is 0 Å². The Balaban J connectivity index is 1.76. The predicted octanol–water partition coefficient (Wildman–Crippen LogP) is 5.21. The molecule has 0 aliphatic heterocycles. The molecular weight excluding hydrogens is 310 g/mol. The van der Waals surface area contributed by atoms with E-state index in [2.05, 4.69) is 24.4 Å². The van der Waals surface area contributed by atoms with Crippen LogP contribution in [0.3, 0.4) is 0 Å². The number of hydrogen-bond donors (Lipinski definition) is 1. The lowest BCUT2D eigenvalue weighted by Gasteiger charge is -2.15. The third-order valence-corrected chi connectivity index (χ3v) is 4.22. The van der Waals surface area contributed by atoms with E-state index in [4.69, 9.17) is 4.74 Å². The second-order valence-corrected chi connectivity index (χ2v) is 6.36. The Hall–Kier alpha value is -2.29. The molecule has 0 aliphatic carbocycles. The highest BCUT2D eigenvalue weighted by atomic mass is 16.5. The van der Waals surface area contributed by atoms with Crippen molar-refractivity contribution < 1.29 is 9.53 Å². The molecule has 1 unspecified atom stereocenters. The molecule has 0 spiro atoms. The summed E-state index contributed by atoms with van der Waals surface area (Å²) in [6.07, 6.45) is 5.46. The van der Waals surface area contributed by atoms with Crippen LogP contribution in [0.25, 0.3) is 11.1 Å². The zero-order valence-electron chi connectivity index (χ0n) is 15.3. The Kier molecular flexibility index (Phi) is 8.03. The van der Waals surface area contributed by atoms with E-state index in [9.17, 15) is 4.79 Å². The van der Waals surface area contributed by atoms with Gasteiger partial charge in [-0.3, -0.25) is 4.79 Å². The highest BCUT2D eigenvalue weighted by Gasteiger charge is 2.13. The maximum absolute atomic E-state index is 12.1. The van der Waals surface area contributed by atoms with Crippen LogP contribution in [0.1, 0.15) is 46.0 Å². The molecule has 134 valence electrons. The first-order chi connectivity index (χ1) is 12.2. The van der Waals surface area contributed by atoms with Crippen molar-refractivity contribution in [2.75, 3.05) is 6.54 Å².